The van der Waals surface area contributed by atoms with Crippen molar-refractivity contribution in [2.45, 2.75) is 57.7 Å². The lowest BCUT2D eigenvalue weighted by molar-refractivity contribution is 0.247. The number of rotatable bonds is 7. The second kappa shape index (κ2) is 8.76. The van der Waals surface area contributed by atoms with Crippen LogP contribution in [0.5, 0.6) is 0 Å². The number of hydrogen-bond acceptors (Lipinski definition) is 3. The van der Waals surface area contributed by atoms with Crippen molar-refractivity contribution in [2.75, 3.05) is 38.6 Å². The van der Waals surface area contributed by atoms with Crippen LogP contribution in [-0.2, 0) is 0 Å². The Morgan fingerprint density at radius 3 is 2.65 bits per heavy atom. The van der Waals surface area contributed by atoms with Crippen LogP contribution in [-0.4, -0.2) is 56.7 Å². The second-order valence-electron chi connectivity index (χ2n) is 7.85. The molecule has 0 spiro atoms. The Kier molecular flexibility index (Phi) is 6.41. The second-order valence-corrected chi connectivity index (χ2v) is 7.85. The molecule has 0 radical (unpaired) electrons. The monoisotopic (exact) mass is 357 g/mol. The fourth-order valence-electron chi connectivity index (χ4n) is 3.68. The highest BCUT2D eigenvalue weighted by molar-refractivity contribution is 5.80. The quantitative estimate of drug-likeness (QED) is 0.582. The Balaban J connectivity index is 1.53. The van der Waals surface area contributed by atoms with Crippen molar-refractivity contribution in [1.29, 1.82) is 0 Å². The highest BCUT2D eigenvalue weighted by Gasteiger charge is 2.29. The lowest BCUT2D eigenvalue weighted by Crippen LogP contribution is -2.46. The van der Waals surface area contributed by atoms with Crippen molar-refractivity contribution >= 4 is 11.6 Å². The van der Waals surface area contributed by atoms with Crippen LogP contribution in [0.15, 0.2) is 29.3 Å². The number of nitrogens with zero attached hydrogens (tertiary/aromatic N) is 3. The fraction of sp³-hybridized carbons (Fsp3) is 0.667. The SMILES string of the molecule is CN=C(NCC(C)N(C)C1CC1)NC(C)c1cccc(N2CCCC2)c1. The van der Waals surface area contributed by atoms with Gasteiger partial charge in [-0.1, -0.05) is 12.1 Å². The summed E-state index contributed by atoms with van der Waals surface area (Å²) in [5.74, 6) is 0.875. The lowest BCUT2D eigenvalue weighted by Gasteiger charge is -2.26. The molecule has 3 rings (SSSR count). The molecule has 1 aliphatic heterocycles. The van der Waals surface area contributed by atoms with Crippen LogP contribution < -0.4 is 15.5 Å². The number of anilines is 1. The molecule has 2 N–H and O–H groups in total. The van der Waals surface area contributed by atoms with Crippen LogP contribution in [0.1, 0.15) is 51.1 Å². The minimum absolute atomic E-state index is 0.222. The van der Waals surface area contributed by atoms with Crippen molar-refractivity contribution in [2.24, 2.45) is 4.99 Å². The van der Waals surface area contributed by atoms with E-state index in [1.165, 1.54) is 50.0 Å². The summed E-state index contributed by atoms with van der Waals surface area (Å²) in [6, 6.07) is 10.4. The summed E-state index contributed by atoms with van der Waals surface area (Å²) in [6.45, 7) is 7.76. The molecule has 2 atom stereocenters. The van der Waals surface area contributed by atoms with Gasteiger partial charge in [-0.15, -0.1) is 0 Å². The first-order chi connectivity index (χ1) is 12.6. The molecule has 2 fully saturated rings. The number of benzene rings is 1. The Morgan fingerprint density at radius 2 is 2.00 bits per heavy atom. The van der Waals surface area contributed by atoms with Gasteiger partial charge in [-0.3, -0.25) is 9.89 Å². The number of nitrogens with one attached hydrogen (secondary N) is 2. The maximum absolute atomic E-state index is 4.41. The van der Waals surface area contributed by atoms with Gasteiger partial charge in [0.1, 0.15) is 0 Å². The van der Waals surface area contributed by atoms with Crippen LogP contribution in [0, 0.1) is 0 Å². The molecule has 1 saturated heterocycles. The van der Waals surface area contributed by atoms with Crippen LogP contribution >= 0.6 is 0 Å². The average molecular weight is 358 g/mol. The summed E-state index contributed by atoms with van der Waals surface area (Å²) in [7, 11) is 4.07. The van der Waals surface area contributed by atoms with Crippen molar-refractivity contribution in [1.82, 2.24) is 15.5 Å². The third-order valence-corrected chi connectivity index (χ3v) is 5.80. The molecule has 1 heterocycles. The van der Waals surface area contributed by atoms with E-state index in [-0.39, 0.29) is 6.04 Å². The summed E-state index contributed by atoms with van der Waals surface area (Å²) in [5.41, 5.74) is 2.65. The molecule has 144 valence electrons. The number of aliphatic imine (C=N–C) groups is 1. The Bertz CT molecular complexity index is 604. The molecule has 2 aliphatic rings. The zero-order valence-corrected chi connectivity index (χ0v) is 16.8. The third-order valence-electron chi connectivity index (χ3n) is 5.80. The first-order valence-electron chi connectivity index (χ1n) is 10.1. The van der Waals surface area contributed by atoms with Crippen LogP contribution in [0.4, 0.5) is 5.69 Å². The van der Waals surface area contributed by atoms with Gasteiger partial charge in [0.05, 0.1) is 6.04 Å². The summed E-state index contributed by atoms with van der Waals surface area (Å²) < 4.78 is 0. The van der Waals surface area contributed by atoms with Gasteiger partial charge in [0.25, 0.3) is 0 Å². The molecule has 1 saturated carbocycles. The van der Waals surface area contributed by atoms with Crippen molar-refractivity contribution in [3.8, 4) is 0 Å². The predicted molar refractivity (Wildman–Crippen MR) is 111 cm³/mol. The molecular formula is C21H35N5. The van der Waals surface area contributed by atoms with E-state index in [4.69, 9.17) is 0 Å². The molecule has 0 amide bonds. The highest BCUT2D eigenvalue weighted by Crippen LogP contribution is 2.27. The molecule has 5 nitrogen and oxygen atoms in total. The van der Waals surface area contributed by atoms with Gasteiger partial charge in [0.2, 0.25) is 0 Å². The van der Waals surface area contributed by atoms with Gasteiger partial charge in [-0.05, 0) is 64.3 Å². The Hall–Kier alpha value is -1.75. The summed E-state index contributed by atoms with van der Waals surface area (Å²) >= 11 is 0. The maximum Gasteiger partial charge on any atom is 0.191 e. The van der Waals surface area contributed by atoms with Crippen molar-refractivity contribution in [3.63, 3.8) is 0 Å². The highest BCUT2D eigenvalue weighted by atomic mass is 15.2. The van der Waals surface area contributed by atoms with Gasteiger partial charge < -0.3 is 15.5 Å². The zero-order chi connectivity index (χ0) is 18.5. The minimum atomic E-state index is 0.222. The van der Waals surface area contributed by atoms with E-state index in [2.05, 4.69) is 70.6 Å². The van der Waals surface area contributed by atoms with Crippen molar-refractivity contribution < 1.29 is 0 Å². The zero-order valence-electron chi connectivity index (χ0n) is 16.8. The molecule has 1 aromatic carbocycles. The van der Waals surface area contributed by atoms with E-state index >= 15 is 0 Å². The van der Waals surface area contributed by atoms with E-state index in [1.54, 1.807) is 0 Å². The number of likely N-dealkylation sites (N-methyl/N-ethyl adjacent to an activating group) is 1. The van der Waals surface area contributed by atoms with E-state index < -0.39 is 0 Å². The molecule has 2 unspecified atom stereocenters. The average Bonchev–Trinajstić information content (AvgIpc) is 3.37. The Morgan fingerprint density at radius 1 is 1.27 bits per heavy atom. The molecular weight excluding hydrogens is 322 g/mol. The predicted octanol–water partition coefficient (Wildman–Crippen LogP) is 3.00. The third kappa shape index (κ3) is 4.91. The lowest BCUT2D eigenvalue weighted by atomic mass is 10.1. The van der Waals surface area contributed by atoms with Gasteiger partial charge in [-0.2, -0.15) is 0 Å². The first kappa shape index (κ1) is 19.0. The van der Waals surface area contributed by atoms with E-state index in [0.29, 0.717) is 6.04 Å². The van der Waals surface area contributed by atoms with E-state index in [0.717, 1.165) is 18.5 Å². The summed E-state index contributed by atoms with van der Waals surface area (Å²) in [5, 5.41) is 7.03. The number of guanidine groups is 1. The molecule has 5 heteroatoms. The Labute approximate surface area is 158 Å². The summed E-state index contributed by atoms with van der Waals surface area (Å²) in [6.07, 6.45) is 5.31. The largest absolute Gasteiger partial charge is 0.372 e. The van der Waals surface area contributed by atoms with Gasteiger partial charge >= 0.3 is 0 Å². The molecule has 0 bridgehead atoms. The standard InChI is InChI=1S/C21H35N5/c1-16(25(4)19-10-11-19)15-23-21(22-3)24-17(2)18-8-7-9-20(14-18)26-12-5-6-13-26/h7-9,14,16-17,19H,5-6,10-13,15H2,1-4H3,(H2,22,23,24). The van der Waals surface area contributed by atoms with Crippen LogP contribution in [0.25, 0.3) is 0 Å². The van der Waals surface area contributed by atoms with Gasteiger partial charge in [-0.25, -0.2) is 0 Å². The van der Waals surface area contributed by atoms with E-state index in [9.17, 15) is 0 Å². The molecule has 1 aliphatic carbocycles. The molecule has 26 heavy (non-hydrogen) atoms. The van der Waals surface area contributed by atoms with Crippen LogP contribution in [0.3, 0.4) is 0 Å². The van der Waals surface area contributed by atoms with Gasteiger partial charge in [0, 0.05) is 44.5 Å². The maximum atomic E-state index is 4.41. The first-order valence-corrected chi connectivity index (χ1v) is 10.1. The normalized spacial score (nSPS) is 20.3. The van der Waals surface area contributed by atoms with Gasteiger partial charge in [0.15, 0.2) is 5.96 Å². The fourth-order valence-corrected chi connectivity index (χ4v) is 3.68. The topological polar surface area (TPSA) is 42.9 Å². The molecule has 0 aromatic heterocycles. The summed E-state index contributed by atoms with van der Waals surface area (Å²) in [4.78, 5) is 9.37. The minimum Gasteiger partial charge on any atom is -0.372 e. The van der Waals surface area contributed by atoms with E-state index in [1.807, 2.05) is 7.05 Å². The molecule has 1 aromatic rings. The van der Waals surface area contributed by atoms with Crippen molar-refractivity contribution in [3.05, 3.63) is 29.8 Å². The van der Waals surface area contributed by atoms with Crippen LogP contribution in [0.2, 0.25) is 0 Å². The smallest absolute Gasteiger partial charge is 0.191 e. The number of hydrogen-bond donors (Lipinski definition) is 2.